The predicted molar refractivity (Wildman–Crippen MR) is 46.4 cm³/mol. The Kier molecular flexibility index (Phi) is 1.83. The molecule has 0 unspecified atom stereocenters. The summed E-state index contributed by atoms with van der Waals surface area (Å²) < 4.78 is 5.02. The van der Waals surface area contributed by atoms with Gasteiger partial charge >= 0.3 is 0 Å². The molecule has 0 N–H and O–H groups in total. The molecule has 1 aliphatic carbocycles. The van der Waals surface area contributed by atoms with Crippen molar-refractivity contribution >= 4 is 5.91 Å². The van der Waals surface area contributed by atoms with Crippen LogP contribution < -0.4 is 0 Å². The van der Waals surface area contributed by atoms with Gasteiger partial charge in [0.25, 0.3) is 5.91 Å². The van der Waals surface area contributed by atoms with Gasteiger partial charge in [-0.1, -0.05) is 0 Å². The molecule has 2 rings (SSSR count). The fourth-order valence-corrected chi connectivity index (χ4v) is 1.30. The molecule has 1 aromatic heterocycles. The Balaban J connectivity index is 2.16. The number of amides is 1. The summed E-state index contributed by atoms with van der Waals surface area (Å²) in [5.41, 5.74) is 0.664. The Hall–Kier alpha value is -1.32. The van der Waals surface area contributed by atoms with Crippen LogP contribution >= 0.6 is 0 Å². The number of aryl methyl sites for hydroxylation is 1. The Morgan fingerprint density at radius 1 is 1.69 bits per heavy atom. The van der Waals surface area contributed by atoms with Crippen molar-refractivity contribution < 1.29 is 9.21 Å². The Bertz CT molecular complexity index is 328. The van der Waals surface area contributed by atoms with Crippen molar-refractivity contribution in [2.24, 2.45) is 0 Å². The number of rotatable bonds is 2. The summed E-state index contributed by atoms with van der Waals surface area (Å²) in [5, 5.41) is 0. The van der Waals surface area contributed by atoms with E-state index in [2.05, 4.69) is 4.98 Å². The van der Waals surface area contributed by atoms with Gasteiger partial charge in [0.1, 0.15) is 0 Å². The number of carbonyl (C=O) groups is 1. The Morgan fingerprint density at radius 2 is 2.38 bits per heavy atom. The number of hydrogen-bond acceptors (Lipinski definition) is 3. The molecule has 1 aromatic rings. The highest BCUT2D eigenvalue weighted by Gasteiger charge is 2.32. The maximum Gasteiger partial charge on any atom is 0.291 e. The fourth-order valence-electron chi connectivity index (χ4n) is 1.30. The number of aromatic nitrogens is 1. The Labute approximate surface area is 76.6 Å². The van der Waals surface area contributed by atoms with Crippen LogP contribution in [0.2, 0.25) is 0 Å². The zero-order valence-electron chi connectivity index (χ0n) is 7.78. The first-order valence-electron chi connectivity index (χ1n) is 4.37. The van der Waals surface area contributed by atoms with Gasteiger partial charge < -0.3 is 9.32 Å². The molecule has 0 atom stereocenters. The average Bonchev–Trinajstić information content (AvgIpc) is 2.87. The van der Waals surface area contributed by atoms with Crippen molar-refractivity contribution in [3.8, 4) is 0 Å². The van der Waals surface area contributed by atoms with E-state index in [0.717, 1.165) is 12.8 Å². The molecule has 13 heavy (non-hydrogen) atoms. The van der Waals surface area contributed by atoms with Crippen LogP contribution in [0.1, 0.15) is 29.1 Å². The third-order valence-corrected chi connectivity index (χ3v) is 2.35. The molecule has 0 radical (unpaired) electrons. The van der Waals surface area contributed by atoms with Crippen LogP contribution in [-0.4, -0.2) is 28.9 Å². The van der Waals surface area contributed by atoms with Gasteiger partial charge in [-0.15, -0.1) is 0 Å². The molecule has 4 nitrogen and oxygen atoms in total. The molecule has 1 aliphatic rings. The lowest BCUT2D eigenvalue weighted by atomic mass is 10.3. The summed E-state index contributed by atoms with van der Waals surface area (Å²) >= 11 is 0. The molecule has 4 heteroatoms. The molecule has 0 aromatic carbocycles. The second kappa shape index (κ2) is 2.87. The molecule has 0 spiro atoms. The molecular formula is C9H12N2O2. The van der Waals surface area contributed by atoms with E-state index in [4.69, 9.17) is 4.42 Å². The minimum atomic E-state index is -0.0579. The van der Waals surface area contributed by atoms with Crippen LogP contribution in [0.3, 0.4) is 0 Å². The quantitative estimate of drug-likeness (QED) is 0.687. The van der Waals surface area contributed by atoms with E-state index in [1.54, 1.807) is 11.8 Å². The molecule has 1 fully saturated rings. The smallest absolute Gasteiger partial charge is 0.291 e. The van der Waals surface area contributed by atoms with Gasteiger partial charge in [0, 0.05) is 13.1 Å². The lowest BCUT2D eigenvalue weighted by Gasteiger charge is -2.14. The molecule has 0 saturated heterocycles. The molecule has 1 saturated carbocycles. The normalized spacial score (nSPS) is 15.8. The van der Waals surface area contributed by atoms with Crippen molar-refractivity contribution in [3.63, 3.8) is 0 Å². The Morgan fingerprint density at radius 3 is 2.85 bits per heavy atom. The molecule has 0 aliphatic heterocycles. The minimum Gasteiger partial charge on any atom is -0.438 e. The lowest BCUT2D eigenvalue weighted by molar-refractivity contribution is 0.0752. The SMILES string of the molecule is Cc1ncoc1C(=O)N(C)C1CC1. The second-order valence-corrected chi connectivity index (χ2v) is 3.41. The second-order valence-electron chi connectivity index (χ2n) is 3.41. The van der Waals surface area contributed by atoms with E-state index in [1.165, 1.54) is 6.39 Å². The summed E-state index contributed by atoms with van der Waals surface area (Å²) in [6.45, 7) is 1.78. The van der Waals surface area contributed by atoms with Crippen LogP contribution in [-0.2, 0) is 0 Å². The number of nitrogens with zero attached hydrogens (tertiary/aromatic N) is 2. The van der Waals surface area contributed by atoms with Gasteiger partial charge in [-0.3, -0.25) is 4.79 Å². The van der Waals surface area contributed by atoms with Gasteiger partial charge in [-0.05, 0) is 19.8 Å². The highest BCUT2D eigenvalue weighted by atomic mass is 16.3. The van der Waals surface area contributed by atoms with E-state index in [0.29, 0.717) is 17.5 Å². The van der Waals surface area contributed by atoms with Crippen molar-refractivity contribution in [2.45, 2.75) is 25.8 Å². The van der Waals surface area contributed by atoms with Gasteiger partial charge in [0.15, 0.2) is 6.39 Å². The van der Waals surface area contributed by atoms with Crippen LogP contribution in [0.4, 0.5) is 0 Å². The number of carbonyl (C=O) groups excluding carboxylic acids is 1. The molecule has 70 valence electrons. The summed E-state index contributed by atoms with van der Waals surface area (Å²) in [5.74, 6) is 0.312. The van der Waals surface area contributed by atoms with Gasteiger partial charge in [0.05, 0.1) is 5.69 Å². The highest BCUT2D eigenvalue weighted by Crippen LogP contribution is 2.26. The van der Waals surface area contributed by atoms with Crippen molar-refractivity contribution in [1.29, 1.82) is 0 Å². The highest BCUT2D eigenvalue weighted by molar-refractivity contribution is 5.92. The van der Waals surface area contributed by atoms with E-state index in [-0.39, 0.29) is 5.91 Å². The van der Waals surface area contributed by atoms with Crippen molar-refractivity contribution in [1.82, 2.24) is 9.88 Å². The predicted octanol–water partition coefficient (Wildman–Crippen LogP) is 1.22. The van der Waals surface area contributed by atoms with E-state index < -0.39 is 0 Å². The lowest BCUT2D eigenvalue weighted by Crippen LogP contribution is -2.28. The zero-order chi connectivity index (χ0) is 9.42. The molecular weight excluding hydrogens is 168 g/mol. The fraction of sp³-hybridized carbons (Fsp3) is 0.556. The third kappa shape index (κ3) is 1.43. The summed E-state index contributed by atoms with van der Waals surface area (Å²) in [6.07, 6.45) is 3.52. The van der Waals surface area contributed by atoms with Crippen LogP contribution in [0.25, 0.3) is 0 Å². The monoisotopic (exact) mass is 180 g/mol. The third-order valence-electron chi connectivity index (χ3n) is 2.35. The van der Waals surface area contributed by atoms with Gasteiger partial charge in [-0.2, -0.15) is 0 Å². The molecule has 0 bridgehead atoms. The standard InChI is InChI=1S/C9H12N2O2/c1-6-8(13-5-10-6)9(12)11(2)7-3-4-7/h5,7H,3-4H2,1-2H3. The van der Waals surface area contributed by atoms with Crippen LogP contribution in [0.15, 0.2) is 10.8 Å². The van der Waals surface area contributed by atoms with E-state index in [1.807, 2.05) is 7.05 Å². The molecule has 1 heterocycles. The number of oxazole rings is 1. The zero-order valence-corrected chi connectivity index (χ0v) is 7.78. The van der Waals surface area contributed by atoms with Crippen molar-refractivity contribution in [3.05, 3.63) is 17.8 Å². The minimum absolute atomic E-state index is 0.0579. The summed E-state index contributed by atoms with van der Waals surface area (Å²) in [7, 11) is 1.81. The average molecular weight is 180 g/mol. The topological polar surface area (TPSA) is 46.3 Å². The van der Waals surface area contributed by atoms with Crippen LogP contribution in [0, 0.1) is 6.92 Å². The van der Waals surface area contributed by atoms with E-state index >= 15 is 0 Å². The summed E-state index contributed by atoms with van der Waals surface area (Å²) in [6, 6.07) is 0.414. The first-order valence-corrected chi connectivity index (χ1v) is 4.37. The summed E-state index contributed by atoms with van der Waals surface area (Å²) in [4.78, 5) is 17.3. The number of hydrogen-bond donors (Lipinski definition) is 0. The van der Waals surface area contributed by atoms with Gasteiger partial charge in [-0.25, -0.2) is 4.98 Å². The van der Waals surface area contributed by atoms with E-state index in [9.17, 15) is 4.79 Å². The van der Waals surface area contributed by atoms with Crippen LogP contribution in [0.5, 0.6) is 0 Å². The molecule has 1 amide bonds. The first-order chi connectivity index (χ1) is 6.20. The maximum atomic E-state index is 11.7. The largest absolute Gasteiger partial charge is 0.438 e. The van der Waals surface area contributed by atoms with Crippen molar-refractivity contribution in [2.75, 3.05) is 7.05 Å². The first kappa shape index (κ1) is 8.29. The van der Waals surface area contributed by atoms with Gasteiger partial charge in [0.2, 0.25) is 5.76 Å². The maximum absolute atomic E-state index is 11.7.